The van der Waals surface area contributed by atoms with Gasteiger partial charge in [-0.3, -0.25) is 9.59 Å². The lowest BCUT2D eigenvalue weighted by molar-refractivity contribution is 0.102. The van der Waals surface area contributed by atoms with Crippen LogP contribution in [0.2, 0.25) is 10.0 Å². The van der Waals surface area contributed by atoms with E-state index in [1.54, 1.807) is 0 Å². The summed E-state index contributed by atoms with van der Waals surface area (Å²) >= 11 is 11.8. The summed E-state index contributed by atoms with van der Waals surface area (Å²) in [6.07, 6.45) is 1.34. The van der Waals surface area contributed by atoms with Crippen molar-refractivity contribution in [1.29, 1.82) is 0 Å². The van der Waals surface area contributed by atoms with Gasteiger partial charge >= 0.3 is 0 Å². The Kier molecular flexibility index (Phi) is 5.58. The average molecular weight is 409 g/mol. The Labute approximate surface area is 163 Å². The number of hydrogen-bond acceptors (Lipinski definition) is 2. The highest BCUT2D eigenvalue weighted by molar-refractivity contribution is 6.35. The number of benzene rings is 2. The van der Waals surface area contributed by atoms with Gasteiger partial charge in [-0.2, -0.15) is 0 Å². The van der Waals surface area contributed by atoms with E-state index in [0.717, 1.165) is 12.1 Å². The van der Waals surface area contributed by atoms with E-state index in [1.165, 1.54) is 47.2 Å². The number of carbonyl (C=O) groups is 1. The Bertz CT molecular complexity index is 1060. The summed E-state index contributed by atoms with van der Waals surface area (Å²) in [4.78, 5) is 24.5. The van der Waals surface area contributed by atoms with Crippen LogP contribution in [0.25, 0.3) is 0 Å². The van der Waals surface area contributed by atoms with Gasteiger partial charge in [-0.05, 0) is 42.0 Å². The van der Waals surface area contributed by atoms with Crippen LogP contribution < -0.4 is 10.9 Å². The van der Waals surface area contributed by atoms with E-state index < -0.39 is 17.5 Å². The van der Waals surface area contributed by atoms with Crippen LogP contribution in [0.4, 0.5) is 14.5 Å². The van der Waals surface area contributed by atoms with Gasteiger partial charge in [0.25, 0.3) is 11.5 Å². The smallest absolute Gasteiger partial charge is 0.257 e. The second kappa shape index (κ2) is 7.90. The van der Waals surface area contributed by atoms with Gasteiger partial charge in [0.2, 0.25) is 0 Å². The molecule has 27 heavy (non-hydrogen) atoms. The number of nitrogens with one attached hydrogen (secondary N) is 1. The number of carbonyl (C=O) groups excluding carboxylic acids is 1. The molecule has 0 atom stereocenters. The Balaban J connectivity index is 1.84. The highest BCUT2D eigenvalue weighted by Crippen LogP contribution is 2.22. The van der Waals surface area contributed by atoms with E-state index in [2.05, 4.69) is 5.32 Å². The van der Waals surface area contributed by atoms with Gasteiger partial charge in [0.05, 0.1) is 12.1 Å². The minimum absolute atomic E-state index is 0.0137. The molecule has 1 N–H and O–H groups in total. The lowest BCUT2D eigenvalue weighted by atomic mass is 10.2. The minimum Gasteiger partial charge on any atom is -0.322 e. The number of amides is 1. The SMILES string of the molecule is O=C(Nc1cc(Cl)cc(Cl)c1)c1ccc(=O)n(Cc2ccc(F)c(F)c2)c1. The summed E-state index contributed by atoms with van der Waals surface area (Å²) in [6, 6.07) is 10.5. The Hall–Kier alpha value is -2.70. The van der Waals surface area contributed by atoms with Gasteiger partial charge in [0.1, 0.15) is 0 Å². The largest absolute Gasteiger partial charge is 0.322 e. The molecule has 8 heteroatoms. The van der Waals surface area contributed by atoms with Crippen molar-refractivity contribution in [3.05, 3.63) is 97.9 Å². The van der Waals surface area contributed by atoms with Gasteiger partial charge in [-0.25, -0.2) is 8.78 Å². The highest BCUT2D eigenvalue weighted by Gasteiger charge is 2.10. The van der Waals surface area contributed by atoms with Crippen molar-refractivity contribution in [3.63, 3.8) is 0 Å². The quantitative estimate of drug-likeness (QED) is 0.677. The first-order valence-electron chi connectivity index (χ1n) is 7.74. The molecule has 0 radical (unpaired) electrons. The van der Waals surface area contributed by atoms with Gasteiger partial charge in [-0.1, -0.05) is 29.3 Å². The molecule has 0 bridgehead atoms. The van der Waals surface area contributed by atoms with Crippen LogP contribution in [-0.2, 0) is 6.54 Å². The molecule has 1 heterocycles. The molecule has 0 unspecified atom stereocenters. The Morgan fingerprint density at radius 3 is 2.33 bits per heavy atom. The second-order valence-corrected chi connectivity index (χ2v) is 6.62. The molecule has 0 aliphatic carbocycles. The van der Waals surface area contributed by atoms with E-state index in [9.17, 15) is 18.4 Å². The molecular weight excluding hydrogens is 397 g/mol. The van der Waals surface area contributed by atoms with E-state index >= 15 is 0 Å². The van der Waals surface area contributed by atoms with Crippen molar-refractivity contribution < 1.29 is 13.6 Å². The first kappa shape index (κ1) is 19.1. The van der Waals surface area contributed by atoms with E-state index in [4.69, 9.17) is 23.2 Å². The third kappa shape index (κ3) is 4.72. The fourth-order valence-corrected chi connectivity index (χ4v) is 2.98. The number of hydrogen-bond donors (Lipinski definition) is 1. The minimum atomic E-state index is -1.01. The standard InChI is InChI=1S/C19H12Cl2F2N2O2/c20-13-6-14(21)8-15(7-13)24-19(27)12-2-4-18(26)25(10-12)9-11-1-3-16(22)17(23)5-11/h1-8,10H,9H2,(H,24,27). The van der Waals surface area contributed by atoms with Gasteiger partial charge in [0, 0.05) is 28.0 Å². The molecule has 4 nitrogen and oxygen atoms in total. The molecule has 1 amide bonds. The van der Waals surface area contributed by atoms with Crippen molar-refractivity contribution in [2.24, 2.45) is 0 Å². The van der Waals surface area contributed by atoms with Crippen molar-refractivity contribution in [3.8, 4) is 0 Å². The summed E-state index contributed by atoms with van der Waals surface area (Å²) < 4.78 is 27.6. The molecule has 1 aromatic heterocycles. The lowest BCUT2D eigenvalue weighted by Crippen LogP contribution is -2.22. The number of nitrogens with zero attached hydrogens (tertiary/aromatic N) is 1. The molecule has 0 saturated heterocycles. The molecule has 0 aliphatic heterocycles. The Morgan fingerprint density at radius 2 is 1.67 bits per heavy atom. The van der Waals surface area contributed by atoms with Crippen LogP contribution in [-0.4, -0.2) is 10.5 Å². The van der Waals surface area contributed by atoms with Crippen molar-refractivity contribution >= 4 is 34.8 Å². The maximum Gasteiger partial charge on any atom is 0.257 e. The van der Waals surface area contributed by atoms with Crippen LogP contribution in [0.1, 0.15) is 15.9 Å². The van der Waals surface area contributed by atoms with Crippen molar-refractivity contribution in [2.45, 2.75) is 6.54 Å². The molecule has 0 aliphatic rings. The molecule has 0 spiro atoms. The van der Waals surface area contributed by atoms with Gasteiger partial charge in [0.15, 0.2) is 11.6 Å². The fraction of sp³-hybridized carbons (Fsp3) is 0.0526. The van der Waals surface area contributed by atoms with Crippen LogP contribution in [0.3, 0.4) is 0 Å². The molecule has 3 rings (SSSR count). The maximum atomic E-state index is 13.3. The average Bonchev–Trinajstić information content (AvgIpc) is 2.59. The van der Waals surface area contributed by atoms with Crippen molar-refractivity contribution in [2.75, 3.05) is 5.32 Å². The number of halogens is 4. The van der Waals surface area contributed by atoms with Crippen LogP contribution >= 0.6 is 23.2 Å². The monoisotopic (exact) mass is 408 g/mol. The fourth-order valence-electron chi connectivity index (χ4n) is 2.45. The topological polar surface area (TPSA) is 51.1 Å². The van der Waals surface area contributed by atoms with Crippen LogP contribution in [0.5, 0.6) is 0 Å². The first-order chi connectivity index (χ1) is 12.8. The number of anilines is 1. The van der Waals surface area contributed by atoms with Gasteiger partial charge < -0.3 is 9.88 Å². The summed E-state index contributed by atoms with van der Waals surface area (Å²) in [7, 11) is 0. The number of aromatic nitrogens is 1. The highest BCUT2D eigenvalue weighted by atomic mass is 35.5. The first-order valence-corrected chi connectivity index (χ1v) is 8.49. The molecule has 0 saturated carbocycles. The zero-order valence-corrected chi connectivity index (χ0v) is 15.2. The number of rotatable bonds is 4. The maximum absolute atomic E-state index is 13.3. The van der Waals surface area contributed by atoms with Crippen molar-refractivity contribution in [1.82, 2.24) is 4.57 Å². The second-order valence-electron chi connectivity index (χ2n) is 5.74. The van der Waals surface area contributed by atoms with Crippen LogP contribution in [0.15, 0.2) is 59.5 Å². The predicted octanol–water partition coefficient (Wildman–Crippen LogP) is 4.73. The molecular formula is C19H12Cl2F2N2O2. The molecule has 138 valence electrons. The number of pyridine rings is 1. The Morgan fingerprint density at radius 1 is 0.963 bits per heavy atom. The normalized spacial score (nSPS) is 10.7. The summed E-state index contributed by atoms with van der Waals surface area (Å²) in [5, 5.41) is 3.36. The van der Waals surface area contributed by atoms with E-state index in [0.29, 0.717) is 21.3 Å². The predicted molar refractivity (Wildman–Crippen MR) is 101 cm³/mol. The lowest BCUT2D eigenvalue weighted by Gasteiger charge is -2.10. The zero-order valence-electron chi connectivity index (χ0n) is 13.7. The van der Waals surface area contributed by atoms with Gasteiger partial charge in [-0.15, -0.1) is 0 Å². The van der Waals surface area contributed by atoms with Crippen LogP contribution in [0, 0.1) is 11.6 Å². The summed E-state index contributed by atoms with van der Waals surface area (Å²) in [6.45, 7) is -0.0137. The van der Waals surface area contributed by atoms with E-state index in [-0.39, 0.29) is 17.7 Å². The summed E-state index contributed by atoms with van der Waals surface area (Å²) in [5.41, 5.74) is 0.599. The third-order valence-electron chi connectivity index (χ3n) is 3.70. The molecule has 2 aromatic carbocycles. The summed E-state index contributed by atoms with van der Waals surface area (Å²) in [5.74, 6) is -2.46. The molecule has 0 fully saturated rings. The zero-order chi connectivity index (χ0) is 19.6. The third-order valence-corrected chi connectivity index (χ3v) is 4.14. The van der Waals surface area contributed by atoms with E-state index in [1.807, 2.05) is 0 Å². The molecule has 3 aromatic rings.